The number of carbonyl (C=O) groups excluding carboxylic acids is 1. The smallest absolute Gasteiger partial charge is 0.242 e. The summed E-state index contributed by atoms with van der Waals surface area (Å²) in [7, 11) is 1.78. The third-order valence-electron chi connectivity index (χ3n) is 2.78. The molecule has 1 N–H and O–H groups in total. The van der Waals surface area contributed by atoms with E-state index in [1.54, 1.807) is 35.3 Å². The molecule has 2 heterocycles. The van der Waals surface area contributed by atoms with Gasteiger partial charge in [-0.05, 0) is 12.5 Å². The molecule has 92 valence electrons. The Morgan fingerprint density at radius 3 is 2.88 bits per heavy atom. The molecule has 0 radical (unpaired) electrons. The molecule has 0 aliphatic carbocycles. The van der Waals surface area contributed by atoms with Gasteiger partial charge >= 0.3 is 0 Å². The van der Waals surface area contributed by atoms with Crippen molar-refractivity contribution >= 4 is 11.9 Å². The zero-order chi connectivity index (χ0) is 12.3. The second-order valence-corrected chi connectivity index (χ2v) is 4.19. The van der Waals surface area contributed by atoms with E-state index in [0.717, 1.165) is 0 Å². The molecule has 1 fully saturated rings. The molecule has 1 aliphatic heterocycles. The lowest BCUT2D eigenvalue weighted by molar-refractivity contribution is -0.129. The average Bonchev–Trinajstić information content (AvgIpc) is 2.77. The van der Waals surface area contributed by atoms with Crippen molar-refractivity contribution in [2.45, 2.75) is 12.5 Å². The van der Waals surface area contributed by atoms with Crippen LogP contribution in [0.15, 0.2) is 18.5 Å². The molecule has 2 rings (SSSR count). The highest BCUT2D eigenvalue weighted by Crippen LogP contribution is 2.10. The van der Waals surface area contributed by atoms with E-state index in [9.17, 15) is 9.90 Å². The van der Waals surface area contributed by atoms with E-state index in [1.807, 2.05) is 0 Å². The fraction of sp³-hybridized carbons (Fsp3) is 0.545. The van der Waals surface area contributed by atoms with Crippen molar-refractivity contribution < 1.29 is 9.90 Å². The Hall–Kier alpha value is -1.69. The summed E-state index contributed by atoms with van der Waals surface area (Å²) in [5.41, 5.74) is 0. The van der Waals surface area contributed by atoms with Crippen LogP contribution < -0.4 is 4.90 Å². The zero-order valence-corrected chi connectivity index (χ0v) is 9.78. The summed E-state index contributed by atoms with van der Waals surface area (Å²) in [4.78, 5) is 23.4. The number of anilines is 1. The van der Waals surface area contributed by atoms with Crippen molar-refractivity contribution in [1.29, 1.82) is 0 Å². The lowest BCUT2D eigenvalue weighted by atomic mass is 10.3. The molecular weight excluding hydrogens is 220 g/mol. The predicted octanol–water partition coefficient (Wildman–Crippen LogP) is -0.494. The van der Waals surface area contributed by atoms with Gasteiger partial charge in [-0.15, -0.1) is 0 Å². The van der Waals surface area contributed by atoms with Gasteiger partial charge in [-0.3, -0.25) is 4.79 Å². The summed E-state index contributed by atoms with van der Waals surface area (Å²) in [5.74, 6) is 0.525. The molecule has 6 nitrogen and oxygen atoms in total. The van der Waals surface area contributed by atoms with Crippen LogP contribution in [0.4, 0.5) is 5.95 Å². The Bertz CT molecular complexity index is 384. The van der Waals surface area contributed by atoms with Gasteiger partial charge in [-0.1, -0.05) is 0 Å². The number of likely N-dealkylation sites (tertiary alicyclic amines) is 1. The molecule has 17 heavy (non-hydrogen) atoms. The third-order valence-corrected chi connectivity index (χ3v) is 2.78. The summed E-state index contributed by atoms with van der Waals surface area (Å²) in [6, 6.07) is 1.73. The van der Waals surface area contributed by atoms with E-state index in [0.29, 0.717) is 25.5 Å². The van der Waals surface area contributed by atoms with E-state index in [1.165, 1.54) is 0 Å². The van der Waals surface area contributed by atoms with Gasteiger partial charge in [-0.2, -0.15) is 0 Å². The highest BCUT2D eigenvalue weighted by Gasteiger charge is 2.25. The van der Waals surface area contributed by atoms with E-state index in [2.05, 4.69) is 9.97 Å². The Morgan fingerprint density at radius 1 is 1.59 bits per heavy atom. The van der Waals surface area contributed by atoms with Crippen LogP contribution >= 0.6 is 0 Å². The molecule has 1 aromatic heterocycles. The van der Waals surface area contributed by atoms with Crippen molar-refractivity contribution in [1.82, 2.24) is 14.9 Å². The van der Waals surface area contributed by atoms with Crippen LogP contribution in [0.2, 0.25) is 0 Å². The van der Waals surface area contributed by atoms with Crippen molar-refractivity contribution in [2.24, 2.45) is 0 Å². The van der Waals surface area contributed by atoms with Gasteiger partial charge in [0.15, 0.2) is 0 Å². The number of aliphatic hydroxyl groups is 1. The third kappa shape index (κ3) is 2.91. The number of β-amino-alcohol motifs (C(OH)–C–C–N with tert-alkyl or cyclic N) is 1. The summed E-state index contributed by atoms with van der Waals surface area (Å²) in [5, 5.41) is 9.37. The summed E-state index contributed by atoms with van der Waals surface area (Å²) in [6.45, 7) is 1.29. The maximum absolute atomic E-state index is 11.9. The second-order valence-electron chi connectivity index (χ2n) is 4.19. The van der Waals surface area contributed by atoms with Gasteiger partial charge in [0.25, 0.3) is 0 Å². The molecule has 6 heteroatoms. The van der Waals surface area contributed by atoms with E-state index >= 15 is 0 Å². The first-order valence-electron chi connectivity index (χ1n) is 5.61. The Kier molecular flexibility index (Phi) is 3.53. The first kappa shape index (κ1) is 11.8. The van der Waals surface area contributed by atoms with Gasteiger partial charge in [0.05, 0.1) is 12.6 Å². The summed E-state index contributed by atoms with van der Waals surface area (Å²) in [6.07, 6.45) is 3.57. The molecule has 0 saturated carbocycles. The normalized spacial score (nSPS) is 19.4. The number of aliphatic hydroxyl groups excluding tert-OH is 1. The van der Waals surface area contributed by atoms with Crippen LogP contribution in [0.5, 0.6) is 0 Å². The van der Waals surface area contributed by atoms with E-state index in [-0.39, 0.29) is 18.6 Å². The van der Waals surface area contributed by atoms with Gasteiger partial charge in [0.2, 0.25) is 11.9 Å². The molecule has 0 spiro atoms. The number of amides is 1. The van der Waals surface area contributed by atoms with Crippen molar-refractivity contribution in [3.05, 3.63) is 18.5 Å². The topological polar surface area (TPSA) is 69.6 Å². The number of hydrogen-bond donors (Lipinski definition) is 1. The number of hydrogen-bond acceptors (Lipinski definition) is 5. The number of aromatic nitrogens is 2. The Morgan fingerprint density at radius 2 is 2.29 bits per heavy atom. The van der Waals surface area contributed by atoms with Crippen LogP contribution in [0.1, 0.15) is 6.42 Å². The number of likely N-dealkylation sites (N-methyl/N-ethyl adjacent to an activating group) is 1. The Balaban J connectivity index is 1.91. The molecule has 0 unspecified atom stereocenters. The standard InChI is InChI=1S/C11H16N4O2/c1-14(11-12-4-2-5-13-11)8-10(17)15-6-3-9(16)7-15/h2,4-5,9,16H,3,6-8H2,1H3/t9-/m0/s1. The predicted molar refractivity (Wildman–Crippen MR) is 62.5 cm³/mol. The van der Waals surface area contributed by atoms with Crippen LogP contribution in [0.25, 0.3) is 0 Å². The lowest BCUT2D eigenvalue weighted by Crippen LogP contribution is -2.38. The fourth-order valence-electron chi connectivity index (χ4n) is 1.83. The van der Waals surface area contributed by atoms with Crippen LogP contribution in [0, 0.1) is 0 Å². The molecule has 1 saturated heterocycles. The highest BCUT2D eigenvalue weighted by atomic mass is 16.3. The number of carbonyl (C=O) groups is 1. The SMILES string of the molecule is CN(CC(=O)N1CC[C@H](O)C1)c1ncccn1. The first-order valence-corrected chi connectivity index (χ1v) is 5.61. The van der Waals surface area contributed by atoms with Crippen LogP contribution in [0.3, 0.4) is 0 Å². The van der Waals surface area contributed by atoms with Gasteiger partial charge in [0.1, 0.15) is 0 Å². The second kappa shape index (κ2) is 5.09. The Labute approximate surface area is 99.9 Å². The first-order chi connectivity index (χ1) is 8.16. The van der Waals surface area contributed by atoms with Crippen molar-refractivity contribution in [2.75, 3.05) is 31.6 Å². The average molecular weight is 236 g/mol. The monoisotopic (exact) mass is 236 g/mol. The highest BCUT2D eigenvalue weighted by molar-refractivity contribution is 5.81. The van der Waals surface area contributed by atoms with E-state index < -0.39 is 0 Å². The van der Waals surface area contributed by atoms with Gasteiger partial charge in [-0.25, -0.2) is 9.97 Å². The van der Waals surface area contributed by atoms with E-state index in [4.69, 9.17) is 0 Å². The fourth-order valence-corrected chi connectivity index (χ4v) is 1.83. The minimum absolute atomic E-state index is 0.00324. The number of rotatable bonds is 3. The minimum Gasteiger partial charge on any atom is -0.391 e. The maximum atomic E-state index is 11.9. The number of nitrogens with zero attached hydrogens (tertiary/aromatic N) is 4. The molecule has 1 aliphatic rings. The molecule has 1 aromatic rings. The van der Waals surface area contributed by atoms with Crippen LogP contribution in [-0.2, 0) is 4.79 Å². The van der Waals surface area contributed by atoms with Gasteiger partial charge in [0, 0.05) is 32.5 Å². The maximum Gasteiger partial charge on any atom is 0.242 e. The zero-order valence-electron chi connectivity index (χ0n) is 9.78. The van der Waals surface area contributed by atoms with Gasteiger partial charge < -0.3 is 14.9 Å². The molecule has 0 aromatic carbocycles. The lowest BCUT2D eigenvalue weighted by Gasteiger charge is -2.21. The summed E-state index contributed by atoms with van der Waals surface area (Å²) < 4.78 is 0. The molecule has 1 amide bonds. The van der Waals surface area contributed by atoms with Crippen molar-refractivity contribution in [3.8, 4) is 0 Å². The van der Waals surface area contributed by atoms with Crippen LogP contribution in [-0.4, -0.2) is 58.7 Å². The minimum atomic E-state index is -0.378. The molecule has 0 bridgehead atoms. The van der Waals surface area contributed by atoms with Crippen molar-refractivity contribution in [3.63, 3.8) is 0 Å². The summed E-state index contributed by atoms with van der Waals surface area (Å²) >= 11 is 0. The molecular formula is C11H16N4O2. The largest absolute Gasteiger partial charge is 0.391 e. The molecule has 1 atom stereocenters. The quantitative estimate of drug-likeness (QED) is 0.766.